The second-order valence-corrected chi connectivity index (χ2v) is 8.24. The summed E-state index contributed by atoms with van der Waals surface area (Å²) in [4.78, 5) is 13.3. The number of ether oxygens (including phenoxy) is 2. The van der Waals surface area contributed by atoms with Crippen LogP contribution in [0.5, 0.6) is 23.0 Å². The van der Waals surface area contributed by atoms with Gasteiger partial charge in [-0.25, -0.2) is 4.79 Å². The number of nitrogens with two attached hydrogens (primary N) is 1. The van der Waals surface area contributed by atoms with Crippen LogP contribution in [0.4, 0.5) is 5.69 Å². The van der Waals surface area contributed by atoms with Crippen molar-refractivity contribution >= 4 is 43.8 Å². The molecule has 6 rings (SSSR count). The molecule has 0 aliphatic rings. The van der Waals surface area contributed by atoms with Gasteiger partial charge in [-0.1, -0.05) is 18.2 Å². The smallest absolute Gasteiger partial charge is 0.361 e. The first-order valence-electron chi connectivity index (χ1n) is 10.8. The molecule has 3 aromatic carbocycles. The van der Waals surface area contributed by atoms with E-state index in [0.29, 0.717) is 27.5 Å². The lowest BCUT2D eigenvalue weighted by atomic mass is 9.98. The summed E-state index contributed by atoms with van der Waals surface area (Å²) in [5.41, 5.74) is 9.04. The molecule has 4 N–H and O–H groups in total. The van der Waals surface area contributed by atoms with Crippen molar-refractivity contribution in [3.8, 4) is 34.1 Å². The molecule has 0 aliphatic heterocycles. The Balaban J connectivity index is 1.95. The van der Waals surface area contributed by atoms with E-state index in [9.17, 15) is 15.0 Å². The zero-order valence-electron chi connectivity index (χ0n) is 18.8. The van der Waals surface area contributed by atoms with Gasteiger partial charge in [-0.15, -0.1) is 0 Å². The van der Waals surface area contributed by atoms with Gasteiger partial charge in [0.2, 0.25) is 0 Å². The molecule has 0 amide bonds. The number of fused-ring (bicyclic) bond motifs is 7. The average molecular weight is 468 g/mol. The fourth-order valence-electron chi connectivity index (χ4n) is 4.85. The highest BCUT2D eigenvalue weighted by molar-refractivity contribution is 6.22. The topological polar surface area (TPSA) is 120 Å². The lowest BCUT2D eigenvalue weighted by Gasteiger charge is -2.10. The molecule has 8 nitrogen and oxygen atoms in total. The van der Waals surface area contributed by atoms with E-state index in [0.717, 1.165) is 21.9 Å². The third-order valence-electron chi connectivity index (χ3n) is 6.41. The van der Waals surface area contributed by atoms with E-state index >= 15 is 0 Å². The second kappa shape index (κ2) is 7.33. The highest BCUT2D eigenvalue weighted by Gasteiger charge is 2.24. The first-order valence-corrected chi connectivity index (χ1v) is 10.8. The third-order valence-corrected chi connectivity index (χ3v) is 6.41. The minimum Gasteiger partial charge on any atom is -0.504 e. The van der Waals surface area contributed by atoms with Gasteiger partial charge in [0.25, 0.3) is 0 Å². The molecule has 8 heteroatoms. The second-order valence-electron chi connectivity index (χ2n) is 8.24. The zero-order valence-corrected chi connectivity index (χ0v) is 18.8. The van der Waals surface area contributed by atoms with E-state index in [1.807, 2.05) is 24.3 Å². The van der Waals surface area contributed by atoms with E-state index < -0.39 is 5.63 Å². The van der Waals surface area contributed by atoms with Crippen molar-refractivity contribution in [3.63, 3.8) is 0 Å². The highest BCUT2D eigenvalue weighted by atomic mass is 16.5. The fraction of sp³-hybridized carbons (Fsp3) is 0.0741. The van der Waals surface area contributed by atoms with E-state index in [1.165, 1.54) is 20.3 Å². The van der Waals surface area contributed by atoms with Crippen molar-refractivity contribution in [2.24, 2.45) is 0 Å². The number of aromatic nitrogens is 1. The summed E-state index contributed by atoms with van der Waals surface area (Å²) in [6.07, 6.45) is 1.79. The number of nitrogen functional groups attached to an aromatic ring is 1. The van der Waals surface area contributed by atoms with E-state index in [-0.39, 0.29) is 28.6 Å². The number of aromatic hydroxyl groups is 2. The molecular formula is C27H20N2O6. The number of benzene rings is 3. The number of hydrogen-bond donors (Lipinski definition) is 3. The maximum absolute atomic E-state index is 13.3. The summed E-state index contributed by atoms with van der Waals surface area (Å²) in [7, 11) is 2.93. The van der Waals surface area contributed by atoms with Crippen molar-refractivity contribution in [1.82, 2.24) is 4.40 Å². The van der Waals surface area contributed by atoms with Crippen LogP contribution in [0.25, 0.3) is 49.3 Å². The van der Waals surface area contributed by atoms with Gasteiger partial charge < -0.3 is 34.2 Å². The molecule has 35 heavy (non-hydrogen) atoms. The molecule has 0 bridgehead atoms. The van der Waals surface area contributed by atoms with Crippen molar-refractivity contribution in [2.45, 2.75) is 0 Å². The predicted octanol–water partition coefficient (Wildman–Crippen LogP) is 5.03. The highest BCUT2D eigenvalue weighted by Crippen LogP contribution is 2.45. The molecule has 0 atom stereocenters. The monoisotopic (exact) mass is 468 g/mol. The average Bonchev–Trinajstić information content (AvgIpc) is 3.21. The number of methoxy groups -OCH3 is 2. The van der Waals surface area contributed by atoms with Gasteiger partial charge >= 0.3 is 5.63 Å². The molecule has 0 radical (unpaired) electrons. The quantitative estimate of drug-likeness (QED) is 0.246. The molecule has 0 saturated heterocycles. The van der Waals surface area contributed by atoms with Gasteiger partial charge in [-0.05, 0) is 35.9 Å². The van der Waals surface area contributed by atoms with Gasteiger partial charge in [0.1, 0.15) is 11.1 Å². The minimum atomic E-state index is -0.563. The minimum absolute atomic E-state index is 0.00543. The standard InChI is InChI=1S/C27H20N2O6/c1-33-21-10-13(6-7-18(21)30)23-24-16-11-22(34-2)19(31)12-20(16)35-27(32)26(24)29-9-8-14-15(25(23)29)4-3-5-17(14)28/h3-12,30-31H,28H2,1-2H3. The lowest BCUT2D eigenvalue weighted by Crippen LogP contribution is -2.02. The van der Waals surface area contributed by atoms with Gasteiger partial charge in [-0.2, -0.15) is 0 Å². The third kappa shape index (κ3) is 2.83. The van der Waals surface area contributed by atoms with Crippen LogP contribution < -0.4 is 20.8 Å². The summed E-state index contributed by atoms with van der Waals surface area (Å²) in [5, 5.41) is 23.4. The van der Waals surface area contributed by atoms with Crippen LogP contribution in [0, 0.1) is 0 Å². The summed E-state index contributed by atoms with van der Waals surface area (Å²) in [5.74, 6) is 0.384. The predicted molar refractivity (Wildman–Crippen MR) is 135 cm³/mol. The number of pyridine rings is 1. The van der Waals surface area contributed by atoms with Crippen molar-refractivity contribution in [3.05, 3.63) is 71.2 Å². The van der Waals surface area contributed by atoms with E-state index in [4.69, 9.17) is 19.6 Å². The molecule has 0 aliphatic carbocycles. The Morgan fingerprint density at radius 2 is 1.63 bits per heavy atom. The Hall–Kier alpha value is -4.85. The first kappa shape index (κ1) is 20.7. The molecule has 174 valence electrons. The summed E-state index contributed by atoms with van der Waals surface area (Å²) in [6.45, 7) is 0. The van der Waals surface area contributed by atoms with Gasteiger partial charge in [0.15, 0.2) is 23.0 Å². The summed E-state index contributed by atoms with van der Waals surface area (Å²) in [6, 6.07) is 15.5. The van der Waals surface area contributed by atoms with Gasteiger partial charge in [-0.3, -0.25) is 0 Å². The number of anilines is 1. The van der Waals surface area contributed by atoms with Crippen LogP contribution in [-0.4, -0.2) is 28.8 Å². The number of phenols is 2. The normalized spacial score (nSPS) is 11.6. The molecule has 3 heterocycles. The molecule has 0 spiro atoms. The Kier molecular flexibility index (Phi) is 4.34. The summed E-state index contributed by atoms with van der Waals surface area (Å²) >= 11 is 0. The molecule has 0 fully saturated rings. The zero-order chi connectivity index (χ0) is 24.4. The Bertz CT molecular complexity index is 1880. The van der Waals surface area contributed by atoms with Crippen LogP contribution in [0.3, 0.4) is 0 Å². The number of hydrogen-bond acceptors (Lipinski definition) is 7. The number of nitrogens with zero attached hydrogens (tertiary/aromatic N) is 1. The van der Waals surface area contributed by atoms with Crippen molar-refractivity contribution < 1.29 is 24.1 Å². The largest absolute Gasteiger partial charge is 0.504 e. The van der Waals surface area contributed by atoms with Gasteiger partial charge in [0.05, 0.1) is 19.7 Å². The maximum Gasteiger partial charge on any atom is 0.361 e. The molecular weight excluding hydrogens is 448 g/mol. The number of rotatable bonds is 3. The molecule has 0 saturated carbocycles. The van der Waals surface area contributed by atoms with Gasteiger partial charge in [0, 0.05) is 45.1 Å². The molecule has 3 aromatic heterocycles. The Morgan fingerprint density at radius 1 is 0.857 bits per heavy atom. The van der Waals surface area contributed by atoms with Crippen LogP contribution in [-0.2, 0) is 0 Å². The SMILES string of the molecule is COc1cc(-c2c3c4cc(OC)c(O)cc4oc(=O)c3n3ccc4c(N)cccc4c23)ccc1O. The van der Waals surface area contributed by atoms with Crippen LogP contribution >= 0.6 is 0 Å². The maximum atomic E-state index is 13.3. The summed E-state index contributed by atoms with van der Waals surface area (Å²) < 4.78 is 18.1. The molecule has 0 unspecified atom stereocenters. The van der Waals surface area contributed by atoms with E-state index in [2.05, 4.69) is 0 Å². The van der Waals surface area contributed by atoms with E-state index in [1.54, 1.807) is 34.9 Å². The number of phenolic OH excluding ortho intramolecular Hbond substituents is 2. The Labute approximate surface area is 198 Å². The van der Waals surface area contributed by atoms with Crippen molar-refractivity contribution in [1.29, 1.82) is 0 Å². The molecule has 6 aromatic rings. The first-order chi connectivity index (χ1) is 16.9. The lowest BCUT2D eigenvalue weighted by molar-refractivity contribution is 0.373. The van der Waals surface area contributed by atoms with Crippen molar-refractivity contribution in [2.75, 3.05) is 20.0 Å². The van der Waals surface area contributed by atoms with Crippen LogP contribution in [0.2, 0.25) is 0 Å². The fourth-order valence-corrected chi connectivity index (χ4v) is 4.85. The Morgan fingerprint density at radius 3 is 2.40 bits per heavy atom. The van der Waals surface area contributed by atoms with Crippen LogP contribution in [0.1, 0.15) is 0 Å². The van der Waals surface area contributed by atoms with Crippen LogP contribution in [0.15, 0.2) is 70.0 Å².